The van der Waals surface area contributed by atoms with Gasteiger partial charge in [0.2, 0.25) is 5.95 Å². The molecule has 1 aliphatic heterocycles. The summed E-state index contributed by atoms with van der Waals surface area (Å²) in [5.41, 5.74) is 7.57. The van der Waals surface area contributed by atoms with E-state index in [0.29, 0.717) is 52.8 Å². The van der Waals surface area contributed by atoms with Gasteiger partial charge in [0.25, 0.3) is 0 Å². The minimum atomic E-state index is -0.847. The molecule has 10 nitrogen and oxygen atoms in total. The summed E-state index contributed by atoms with van der Waals surface area (Å²) < 4.78 is 16.2. The van der Waals surface area contributed by atoms with Crippen molar-refractivity contribution in [2.24, 2.45) is 0 Å². The van der Waals surface area contributed by atoms with Gasteiger partial charge in [-0.25, -0.2) is 15.0 Å². The molecular formula is C22H24Cl2N6O4. The Labute approximate surface area is 206 Å². The first kappa shape index (κ1) is 24.2. The summed E-state index contributed by atoms with van der Waals surface area (Å²) >= 11 is 13.1. The maximum atomic E-state index is 9.80. The SMILES string of the molecule is C=CC(O)N[C@H]1COC[C@H]1Nc1ncc2cc(-c3c(Cl)c(OC)cc(OC)c3Cl)nc(N)c2n1. The minimum Gasteiger partial charge on any atom is -0.495 e. The van der Waals surface area contributed by atoms with E-state index in [2.05, 4.69) is 32.2 Å². The second kappa shape index (κ2) is 10.2. The van der Waals surface area contributed by atoms with Crippen LogP contribution in [0, 0.1) is 0 Å². The molecule has 12 heteroatoms. The van der Waals surface area contributed by atoms with Crippen molar-refractivity contribution in [3.8, 4) is 22.8 Å². The third kappa shape index (κ3) is 4.68. The Balaban J connectivity index is 1.68. The van der Waals surface area contributed by atoms with Gasteiger partial charge in [-0.15, -0.1) is 0 Å². The summed E-state index contributed by atoms with van der Waals surface area (Å²) in [4.78, 5) is 13.4. The van der Waals surface area contributed by atoms with E-state index in [1.807, 2.05) is 0 Å². The minimum absolute atomic E-state index is 0.155. The summed E-state index contributed by atoms with van der Waals surface area (Å²) in [6, 6.07) is 3.02. The first-order chi connectivity index (χ1) is 16.4. The predicted octanol–water partition coefficient (Wildman–Crippen LogP) is 2.87. The second-order valence-corrected chi connectivity index (χ2v) is 8.31. The number of nitrogens with one attached hydrogen (secondary N) is 2. The first-order valence-electron chi connectivity index (χ1n) is 10.3. The quantitative estimate of drug-likeness (QED) is 0.266. The highest BCUT2D eigenvalue weighted by Gasteiger charge is 2.30. The molecule has 3 atom stereocenters. The molecule has 1 aromatic carbocycles. The number of hydrogen-bond donors (Lipinski definition) is 4. The van der Waals surface area contributed by atoms with Crippen molar-refractivity contribution in [2.45, 2.75) is 18.3 Å². The molecule has 0 aliphatic carbocycles. The Hall–Kier alpha value is -2.89. The van der Waals surface area contributed by atoms with Crippen molar-refractivity contribution in [3.05, 3.63) is 41.0 Å². The van der Waals surface area contributed by atoms with Gasteiger partial charge in [0.1, 0.15) is 23.2 Å². The number of anilines is 2. The molecule has 1 saturated heterocycles. The summed E-state index contributed by atoms with van der Waals surface area (Å²) in [5.74, 6) is 1.30. The van der Waals surface area contributed by atoms with E-state index in [1.54, 1.807) is 18.3 Å². The van der Waals surface area contributed by atoms with Crippen molar-refractivity contribution in [2.75, 3.05) is 38.5 Å². The molecule has 1 fully saturated rings. The Bertz CT molecular complexity index is 1200. The van der Waals surface area contributed by atoms with Gasteiger partial charge in [-0.2, -0.15) is 0 Å². The monoisotopic (exact) mass is 506 g/mol. The molecule has 0 bridgehead atoms. The lowest BCUT2D eigenvalue weighted by Gasteiger charge is -2.22. The molecule has 2 aromatic heterocycles. The molecule has 5 N–H and O–H groups in total. The number of nitrogens with two attached hydrogens (primary N) is 1. The summed E-state index contributed by atoms with van der Waals surface area (Å²) in [7, 11) is 2.99. The van der Waals surface area contributed by atoms with Crippen LogP contribution in [0.3, 0.4) is 0 Å². The van der Waals surface area contributed by atoms with E-state index in [1.165, 1.54) is 20.3 Å². The number of halogens is 2. The molecule has 3 aromatic rings. The van der Waals surface area contributed by atoms with Crippen molar-refractivity contribution in [1.29, 1.82) is 0 Å². The Kier molecular flexibility index (Phi) is 7.24. The van der Waals surface area contributed by atoms with Crippen molar-refractivity contribution >= 4 is 45.9 Å². The molecule has 4 rings (SSSR count). The Morgan fingerprint density at radius 3 is 2.50 bits per heavy atom. The molecule has 34 heavy (non-hydrogen) atoms. The molecule has 0 saturated carbocycles. The maximum absolute atomic E-state index is 9.80. The van der Waals surface area contributed by atoms with Gasteiger partial charge in [0.05, 0.1) is 55.3 Å². The zero-order valence-electron chi connectivity index (χ0n) is 18.5. The Morgan fingerprint density at radius 2 is 1.85 bits per heavy atom. The lowest BCUT2D eigenvalue weighted by atomic mass is 10.1. The van der Waals surface area contributed by atoms with E-state index in [0.717, 1.165) is 0 Å². The van der Waals surface area contributed by atoms with E-state index in [-0.39, 0.29) is 27.9 Å². The molecule has 0 spiro atoms. The normalized spacial score (nSPS) is 18.6. The van der Waals surface area contributed by atoms with Crippen LogP contribution >= 0.6 is 23.2 Å². The van der Waals surface area contributed by atoms with Crippen molar-refractivity contribution < 1.29 is 19.3 Å². The summed E-state index contributed by atoms with van der Waals surface area (Å²) in [5, 5.41) is 17.2. The van der Waals surface area contributed by atoms with E-state index < -0.39 is 6.23 Å². The van der Waals surface area contributed by atoms with E-state index in [4.69, 9.17) is 43.1 Å². The fourth-order valence-corrected chi connectivity index (χ4v) is 4.38. The third-order valence-electron chi connectivity index (χ3n) is 5.43. The van der Waals surface area contributed by atoms with Crippen LogP contribution in [-0.4, -0.2) is 65.8 Å². The van der Waals surface area contributed by atoms with Gasteiger partial charge in [0, 0.05) is 23.2 Å². The molecule has 1 unspecified atom stereocenters. The van der Waals surface area contributed by atoms with Crippen LogP contribution in [-0.2, 0) is 4.74 Å². The number of pyridine rings is 1. The van der Waals surface area contributed by atoms with Crippen LogP contribution in [0.25, 0.3) is 22.2 Å². The van der Waals surface area contributed by atoms with E-state index >= 15 is 0 Å². The maximum Gasteiger partial charge on any atom is 0.223 e. The lowest BCUT2D eigenvalue weighted by molar-refractivity contribution is 0.149. The fraction of sp³-hybridized carbons (Fsp3) is 0.318. The lowest BCUT2D eigenvalue weighted by Crippen LogP contribution is -2.47. The van der Waals surface area contributed by atoms with Gasteiger partial charge in [-0.1, -0.05) is 29.8 Å². The number of rotatable bonds is 8. The average molecular weight is 507 g/mol. The number of aromatic nitrogens is 3. The topological polar surface area (TPSA) is 137 Å². The van der Waals surface area contributed by atoms with Crippen LogP contribution in [0.15, 0.2) is 31.0 Å². The predicted molar refractivity (Wildman–Crippen MR) is 132 cm³/mol. The molecule has 0 radical (unpaired) electrons. The molecular weight excluding hydrogens is 483 g/mol. The highest BCUT2D eigenvalue weighted by atomic mass is 35.5. The van der Waals surface area contributed by atoms with Crippen molar-refractivity contribution in [1.82, 2.24) is 20.3 Å². The fourth-order valence-electron chi connectivity index (χ4n) is 3.69. The standard InChI is InChI=1S/C22H24Cl2N6O4/c1-4-16(31)27-12-8-34-9-13(12)29-22-26-7-10-5-11(28-21(25)20(10)30-22)17-18(23)14(32-2)6-15(33-3)19(17)24/h4-7,12-13,16,27,31H,1,8-9H2,2-3H3,(H2,25,28)(H,26,29,30)/t12-,13+,16?/m0/s1. The van der Waals surface area contributed by atoms with E-state index in [9.17, 15) is 5.11 Å². The third-order valence-corrected chi connectivity index (χ3v) is 6.18. The summed E-state index contributed by atoms with van der Waals surface area (Å²) in [6.07, 6.45) is 2.19. The number of aliphatic hydroxyl groups is 1. The zero-order valence-corrected chi connectivity index (χ0v) is 20.0. The largest absolute Gasteiger partial charge is 0.495 e. The molecule has 3 heterocycles. The number of aliphatic hydroxyl groups excluding tert-OH is 1. The van der Waals surface area contributed by atoms with Crippen LogP contribution in [0.2, 0.25) is 10.0 Å². The van der Waals surface area contributed by atoms with Gasteiger partial charge in [0.15, 0.2) is 5.82 Å². The molecule has 0 amide bonds. The van der Waals surface area contributed by atoms with Gasteiger partial charge >= 0.3 is 0 Å². The molecule has 180 valence electrons. The number of benzene rings is 1. The smallest absolute Gasteiger partial charge is 0.223 e. The second-order valence-electron chi connectivity index (χ2n) is 7.55. The molecule has 1 aliphatic rings. The highest BCUT2D eigenvalue weighted by Crippen LogP contribution is 2.46. The number of ether oxygens (including phenoxy) is 3. The number of nitrogen functional groups attached to an aromatic ring is 1. The van der Waals surface area contributed by atoms with Gasteiger partial charge < -0.3 is 30.4 Å². The zero-order chi connectivity index (χ0) is 24.4. The number of fused-ring (bicyclic) bond motifs is 1. The van der Waals surface area contributed by atoms with Gasteiger partial charge in [-0.3, -0.25) is 5.32 Å². The van der Waals surface area contributed by atoms with Crippen molar-refractivity contribution in [3.63, 3.8) is 0 Å². The number of methoxy groups -OCH3 is 2. The van der Waals surface area contributed by atoms with Crippen LogP contribution < -0.4 is 25.8 Å². The van der Waals surface area contributed by atoms with Crippen LogP contribution in [0.4, 0.5) is 11.8 Å². The number of hydrogen-bond acceptors (Lipinski definition) is 10. The number of nitrogens with zero attached hydrogens (tertiary/aromatic N) is 3. The average Bonchev–Trinajstić information content (AvgIpc) is 3.26. The van der Waals surface area contributed by atoms with Crippen LogP contribution in [0.5, 0.6) is 11.5 Å². The Morgan fingerprint density at radius 1 is 1.18 bits per heavy atom. The summed E-state index contributed by atoms with van der Waals surface area (Å²) in [6.45, 7) is 4.41. The first-order valence-corrected chi connectivity index (χ1v) is 11.1. The van der Waals surface area contributed by atoms with Crippen LogP contribution in [0.1, 0.15) is 0 Å². The highest BCUT2D eigenvalue weighted by molar-refractivity contribution is 6.41. The van der Waals surface area contributed by atoms with Gasteiger partial charge in [-0.05, 0) is 12.1 Å².